The Kier molecular flexibility index (Phi) is 4.24. The highest BCUT2D eigenvalue weighted by molar-refractivity contribution is 5.91. The van der Waals surface area contributed by atoms with Crippen molar-refractivity contribution in [1.82, 2.24) is 0 Å². The van der Waals surface area contributed by atoms with Crippen LogP contribution in [0.3, 0.4) is 0 Å². The minimum absolute atomic E-state index is 0.123. The molecular weight excluding hydrogens is 311 g/mol. The van der Waals surface area contributed by atoms with Crippen LogP contribution in [0.25, 0.3) is 22.5 Å². The van der Waals surface area contributed by atoms with E-state index in [1.54, 1.807) is 18.2 Å². The van der Waals surface area contributed by atoms with Gasteiger partial charge in [-0.3, -0.25) is 4.79 Å². The van der Waals surface area contributed by atoms with Crippen LogP contribution in [-0.2, 0) is 4.74 Å². The molecule has 2 aromatic carbocycles. The molecule has 3 aromatic rings. The molecule has 0 bridgehead atoms. The maximum absolute atomic E-state index is 13.8. The van der Waals surface area contributed by atoms with Crippen LogP contribution >= 0.6 is 0 Å². The van der Waals surface area contributed by atoms with Crippen LogP contribution in [0.2, 0.25) is 0 Å². The quantitative estimate of drug-likeness (QED) is 0.529. The summed E-state index contributed by atoms with van der Waals surface area (Å²) < 4.78 is 23.8. The summed E-state index contributed by atoms with van der Waals surface area (Å²) in [7, 11) is 1.20. The molecule has 4 nitrogen and oxygen atoms in total. The summed E-state index contributed by atoms with van der Waals surface area (Å²) in [6.07, 6.45) is 0.635. The van der Waals surface area contributed by atoms with Gasteiger partial charge >= 0.3 is 5.97 Å². The molecular formula is C19H13FO4. The largest absolute Gasteiger partial charge is 0.465 e. The molecule has 0 aliphatic carbocycles. The van der Waals surface area contributed by atoms with Gasteiger partial charge in [0.25, 0.3) is 0 Å². The first-order valence-electron chi connectivity index (χ1n) is 7.16. The fraction of sp³-hybridized carbons (Fsp3) is 0.0526. The van der Waals surface area contributed by atoms with Gasteiger partial charge in [-0.2, -0.15) is 0 Å². The molecule has 0 fully saturated rings. The fourth-order valence-corrected chi connectivity index (χ4v) is 2.39. The number of esters is 1. The van der Waals surface area contributed by atoms with Crippen LogP contribution in [0.15, 0.2) is 59.0 Å². The molecule has 3 rings (SSSR count). The first kappa shape index (κ1) is 15.7. The van der Waals surface area contributed by atoms with E-state index in [0.717, 1.165) is 11.1 Å². The molecule has 120 valence electrons. The van der Waals surface area contributed by atoms with Gasteiger partial charge in [0, 0.05) is 5.56 Å². The molecule has 0 amide bonds. The zero-order valence-corrected chi connectivity index (χ0v) is 12.8. The highest BCUT2D eigenvalue weighted by Gasteiger charge is 2.14. The van der Waals surface area contributed by atoms with Gasteiger partial charge in [0.1, 0.15) is 11.6 Å². The minimum atomic E-state index is -0.729. The summed E-state index contributed by atoms with van der Waals surface area (Å²) >= 11 is 0. The Labute approximate surface area is 137 Å². The van der Waals surface area contributed by atoms with E-state index in [4.69, 9.17) is 4.42 Å². The third-order valence-electron chi connectivity index (χ3n) is 3.60. The molecule has 0 aliphatic heterocycles. The van der Waals surface area contributed by atoms with Crippen molar-refractivity contribution in [2.75, 3.05) is 7.11 Å². The van der Waals surface area contributed by atoms with Crippen LogP contribution in [0.1, 0.15) is 20.9 Å². The molecule has 0 atom stereocenters. The average molecular weight is 324 g/mol. The summed E-state index contributed by atoms with van der Waals surface area (Å²) in [6, 6.07) is 14.9. The Morgan fingerprint density at radius 1 is 1.04 bits per heavy atom. The lowest BCUT2D eigenvalue weighted by Gasteiger charge is -2.07. The number of furan rings is 1. The molecule has 0 N–H and O–H groups in total. The Morgan fingerprint density at radius 3 is 2.50 bits per heavy atom. The number of benzene rings is 2. The lowest BCUT2D eigenvalue weighted by atomic mass is 10.00. The lowest BCUT2D eigenvalue weighted by Crippen LogP contribution is -2.04. The van der Waals surface area contributed by atoms with Crippen molar-refractivity contribution in [1.29, 1.82) is 0 Å². The van der Waals surface area contributed by atoms with Crippen LogP contribution < -0.4 is 0 Å². The summed E-state index contributed by atoms with van der Waals surface area (Å²) in [5, 5.41) is 0. The van der Waals surface area contributed by atoms with Gasteiger partial charge in [-0.1, -0.05) is 24.3 Å². The molecule has 0 spiro atoms. The van der Waals surface area contributed by atoms with Crippen LogP contribution in [-0.4, -0.2) is 19.4 Å². The monoisotopic (exact) mass is 324 g/mol. The third kappa shape index (κ3) is 2.96. The molecule has 1 aromatic heterocycles. The van der Waals surface area contributed by atoms with Crippen molar-refractivity contribution >= 4 is 12.3 Å². The maximum Gasteiger partial charge on any atom is 0.340 e. The predicted octanol–water partition coefficient (Wildman–Crippen LogP) is 4.35. The Morgan fingerprint density at radius 2 is 1.79 bits per heavy atom. The molecule has 0 saturated carbocycles. The van der Waals surface area contributed by atoms with Gasteiger partial charge < -0.3 is 9.15 Å². The third-order valence-corrected chi connectivity index (χ3v) is 3.60. The highest BCUT2D eigenvalue weighted by Crippen LogP contribution is 2.28. The highest BCUT2D eigenvalue weighted by atomic mass is 19.1. The molecule has 0 unspecified atom stereocenters. The van der Waals surface area contributed by atoms with E-state index < -0.39 is 11.8 Å². The SMILES string of the molecule is COC(=O)c1cc(-c2cccc(-c3ccc(C=O)o3)c2)ccc1F. The number of carbonyl (C=O) groups excluding carboxylic acids is 2. The van der Waals surface area contributed by atoms with Gasteiger partial charge in [-0.05, 0) is 41.5 Å². The molecule has 0 radical (unpaired) electrons. The predicted molar refractivity (Wildman–Crippen MR) is 86.3 cm³/mol. The summed E-state index contributed by atoms with van der Waals surface area (Å²) in [5.74, 6) is -0.574. The van der Waals surface area contributed by atoms with E-state index in [9.17, 15) is 14.0 Å². The van der Waals surface area contributed by atoms with Gasteiger partial charge in [0.05, 0.1) is 12.7 Å². The van der Waals surface area contributed by atoms with E-state index in [2.05, 4.69) is 4.74 Å². The molecule has 0 saturated heterocycles. The number of aldehydes is 1. The Hall–Kier alpha value is -3.21. The number of carbonyl (C=O) groups is 2. The van der Waals surface area contributed by atoms with Gasteiger partial charge in [0.2, 0.25) is 0 Å². The van der Waals surface area contributed by atoms with E-state index in [1.165, 1.54) is 19.2 Å². The first-order chi connectivity index (χ1) is 11.6. The number of methoxy groups -OCH3 is 1. The van der Waals surface area contributed by atoms with Gasteiger partial charge in [-0.25, -0.2) is 9.18 Å². The Balaban J connectivity index is 2.03. The average Bonchev–Trinajstić information content (AvgIpc) is 3.11. The van der Waals surface area contributed by atoms with Gasteiger partial charge in [0.15, 0.2) is 12.0 Å². The number of hydrogen-bond donors (Lipinski definition) is 0. The van der Waals surface area contributed by atoms with Gasteiger partial charge in [-0.15, -0.1) is 0 Å². The standard InChI is InChI=1S/C19H13FO4/c1-23-19(22)16-10-13(5-7-17(16)20)12-3-2-4-14(9-12)18-8-6-15(11-21)24-18/h2-11H,1H3. The second kappa shape index (κ2) is 6.50. The zero-order chi connectivity index (χ0) is 17.1. The number of hydrogen-bond acceptors (Lipinski definition) is 4. The van der Waals surface area contributed by atoms with Crippen molar-refractivity contribution in [3.8, 4) is 22.5 Å². The number of rotatable bonds is 4. The topological polar surface area (TPSA) is 56.5 Å². The maximum atomic E-state index is 13.8. The van der Waals surface area contributed by atoms with E-state index in [1.807, 2.05) is 24.3 Å². The molecule has 1 heterocycles. The second-order valence-corrected chi connectivity index (χ2v) is 5.09. The number of halogens is 1. The molecule has 0 aliphatic rings. The van der Waals surface area contributed by atoms with Crippen molar-refractivity contribution in [2.45, 2.75) is 0 Å². The van der Waals surface area contributed by atoms with Crippen LogP contribution in [0.5, 0.6) is 0 Å². The van der Waals surface area contributed by atoms with Crippen molar-refractivity contribution in [3.63, 3.8) is 0 Å². The zero-order valence-electron chi connectivity index (χ0n) is 12.8. The lowest BCUT2D eigenvalue weighted by molar-refractivity contribution is 0.0595. The van der Waals surface area contributed by atoms with Crippen molar-refractivity contribution < 1.29 is 23.1 Å². The van der Waals surface area contributed by atoms with Crippen LogP contribution in [0, 0.1) is 5.82 Å². The Bertz CT molecular complexity index is 911. The van der Waals surface area contributed by atoms with E-state index in [0.29, 0.717) is 17.6 Å². The smallest absolute Gasteiger partial charge is 0.340 e. The summed E-state index contributed by atoms with van der Waals surface area (Å²) in [6.45, 7) is 0. The first-order valence-corrected chi connectivity index (χ1v) is 7.16. The van der Waals surface area contributed by atoms with E-state index >= 15 is 0 Å². The summed E-state index contributed by atoms with van der Waals surface area (Å²) in [5.41, 5.74) is 2.09. The second-order valence-electron chi connectivity index (χ2n) is 5.09. The van der Waals surface area contributed by atoms with Crippen molar-refractivity contribution in [3.05, 3.63) is 71.7 Å². The van der Waals surface area contributed by atoms with Crippen molar-refractivity contribution in [2.24, 2.45) is 0 Å². The fourth-order valence-electron chi connectivity index (χ4n) is 2.39. The summed E-state index contributed by atoms with van der Waals surface area (Å²) in [4.78, 5) is 22.4. The van der Waals surface area contributed by atoms with Crippen LogP contribution in [0.4, 0.5) is 4.39 Å². The van der Waals surface area contributed by atoms with E-state index in [-0.39, 0.29) is 11.3 Å². The normalized spacial score (nSPS) is 10.4. The molecule has 5 heteroatoms. The number of ether oxygens (including phenoxy) is 1. The minimum Gasteiger partial charge on any atom is -0.465 e. The molecule has 24 heavy (non-hydrogen) atoms.